The lowest BCUT2D eigenvalue weighted by Crippen LogP contribution is -2.10. The molecule has 0 saturated heterocycles. The molecule has 1 unspecified atom stereocenters. The summed E-state index contributed by atoms with van der Waals surface area (Å²) >= 11 is 0. The van der Waals surface area contributed by atoms with Crippen molar-refractivity contribution >= 4 is 5.97 Å². The van der Waals surface area contributed by atoms with Crippen molar-refractivity contribution in [1.29, 1.82) is 0 Å². The van der Waals surface area contributed by atoms with E-state index in [0.29, 0.717) is 5.57 Å². The number of carboxylic acids is 1. The van der Waals surface area contributed by atoms with Crippen molar-refractivity contribution < 1.29 is 9.90 Å². The number of benzene rings is 1. The van der Waals surface area contributed by atoms with E-state index >= 15 is 0 Å². The summed E-state index contributed by atoms with van der Waals surface area (Å²) in [6.45, 7) is 5.90. The zero-order chi connectivity index (χ0) is 13.4. The SMILES string of the molecule is C=C(C(=O)O)C(CCCCCC)c1ccccc1. The van der Waals surface area contributed by atoms with Crippen LogP contribution < -0.4 is 0 Å². The second kappa shape index (κ2) is 7.70. The van der Waals surface area contributed by atoms with Gasteiger partial charge in [-0.2, -0.15) is 0 Å². The first-order valence-corrected chi connectivity index (χ1v) is 6.63. The van der Waals surface area contributed by atoms with Crippen LogP contribution >= 0.6 is 0 Å². The van der Waals surface area contributed by atoms with Crippen LogP contribution in [0.1, 0.15) is 50.5 Å². The van der Waals surface area contributed by atoms with Gasteiger partial charge < -0.3 is 5.11 Å². The average Bonchev–Trinajstić information content (AvgIpc) is 2.39. The van der Waals surface area contributed by atoms with Crippen molar-refractivity contribution in [3.63, 3.8) is 0 Å². The van der Waals surface area contributed by atoms with Gasteiger partial charge in [0.15, 0.2) is 0 Å². The Balaban J connectivity index is 2.70. The quantitative estimate of drug-likeness (QED) is 0.546. The molecular weight excluding hydrogens is 224 g/mol. The van der Waals surface area contributed by atoms with Gasteiger partial charge >= 0.3 is 5.97 Å². The monoisotopic (exact) mass is 246 g/mol. The standard InChI is InChI=1S/C16H22O2/c1-3-4-5-9-12-15(13(2)16(17)18)14-10-7-6-8-11-14/h6-8,10-11,15H,2-5,9,12H2,1H3,(H,17,18). The summed E-state index contributed by atoms with van der Waals surface area (Å²) in [5.41, 5.74) is 1.36. The highest BCUT2D eigenvalue weighted by Crippen LogP contribution is 2.29. The van der Waals surface area contributed by atoms with Gasteiger partial charge in [-0.05, 0) is 12.0 Å². The molecule has 1 rings (SSSR count). The fraction of sp³-hybridized carbons (Fsp3) is 0.438. The number of rotatable bonds is 8. The highest BCUT2D eigenvalue weighted by atomic mass is 16.4. The molecule has 0 radical (unpaired) electrons. The fourth-order valence-electron chi connectivity index (χ4n) is 2.15. The molecule has 0 amide bonds. The smallest absolute Gasteiger partial charge is 0.331 e. The van der Waals surface area contributed by atoms with Gasteiger partial charge in [-0.3, -0.25) is 0 Å². The lowest BCUT2D eigenvalue weighted by atomic mass is 9.87. The van der Waals surface area contributed by atoms with E-state index in [-0.39, 0.29) is 5.92 Å². The van der Waals surface area contributed by atoms with Gasteiger partial charge in [0.25, 0.3) is 0 Å². The van der Waals surface area contributed by atoms with Crippen LogP contribution in [0.3, 0.4) is 0 Å². The van der Waals surface area contributed by atoms with Crippen LogP contribution in [-0.2, 0) is 4.79 Å². The van der Waals surface area contributed by atoms with Gasteiger partial charge in [0.05, 0.1) is 0 Å². The van der Waals surface area contributed by atoms with Crippen LogP contribution in [0.4, 0.5) is 0 Å². The molecule has 1 N–H and O–H groups in total. The second-order valence-electron chi connectivity index (χ2n) is 4.64. The van der Waals surface area contributed by atoms with E-state index < -0.39 is 5.97 Å². The van der Waals surface area contributed by atoms with E-state index in [0.717, 1.165) is 24.8 Å². The van der Waals surface area contributed by atoms with E-state index in [9.17, 15) is 4.79 Å². The topological polar surface area (TPSA) is 37.3 Å². The number of carboxylic acid groups (broad SMARTS) is 1. The Bertz CT molecular complexity index is 381. The highest BCUT2D eigenvalue weighted by molar-refractivity contribution is 5.87. The Morgan fingerprint density at radius 1 is 1.22 bits per heavy atom. The van der Waals surface area contributed by atoms with Crippen LogP contribution in [0, 0.1) is 0 Å². The predicted molar refractivity (Wildman–Crippen MR) is 74.7 cm³/mol. The van der Waals surface area contributed by atoms with E-state index in [4.69, 9.17) is 5.11 Å². The van der Waals surface area contributed by atoms with Crippen molar-refractivity contribution in [3.05, 3.63) is 48.0 Å². The van der Waals surface area contributed by atoms with Gasteiger partial charge in [-0.15, -0.1) is 0 Å². The molecule has 0 saturated carbocycles. The van der Waals surface area contributed by atoms with E-state index in [2.05, 4.69) is 13.5 Å². The molecule has 1 atom stereocenters. The van der Waals surface area contributed by atoms with E-state index in [1.807, 2.05) is 30.3 Å². The van der Waals surface area contributed by atoms with E-state index in [1.165, 1.54) is 12.8 Å². The molecule has 0 aliphatic heterocycles. The number of hydrogen-bond acceptors (Lipinski definition) is 1. The Kier molecular flexibility index (Phi) is 6.20. The zero-order valence-electron chi connectivity index (χ0n) is 11.1. The third-order valence-electron chi connectivity index (χ3n) is 3.24. The van der Waals surface area contributed by atoms with Crippen LogP contribution in [-0.4, -0.2) is 11.1 Å². The summed E-state index contributed by atoms with van der Waals surface area (Å²) in [4.78, 5) is 11.1. The normalized spacial score (nSPS) is 12.1. The molecule has 2 nitrogen and oxygen atoms in total. The molecule has 0 aliphatic carbocycles. The molecule has 0 spiro atoms. The Hall–Kier alpha value is -1.57. The molecule has 0 fully saturated rings. The molecule has 98 valence electrons. The van der Waals surface area contributed by atoms with Gasteiger partial charge in [-0.1, -0.05) is 69.5 Å². The van der Waals surface area contributed by atoms with Crippen molar-refractivity contribution in [2.75, 3.05) is 0 Å². The third kappa shape index (κ3) is 4.36. The first-order chi connectivity index (χ1) is 8.66. The molecule has 0 aliphatic rings. The summed E-state index contributed by atoms with van der Waals surface area (Å²) in [5, 5.41) is 9.12. The average molecular weight is 246 g/mol. The molecule has 0 aromatic heterocycles. The first kappa shape index (κ1) is 14.5. The van der Waals surface area contributed by atoms with E-state index in [1.54, 1.807) is 0 Å². The molecule has 18 heavy (non-hydrogen) atoms. The fourth-order valence-corrected chi connectivity index (χ4v) is 2.15. The summed E-state index contributed by atoms with van der Waals surface area (Å²) in [5.74, 6) is -0.945. The lowest BCUT2D eigenvalue weighted by molar-refractivity contribution is -0.132. The van der Waals surface area contributed by atoms with Crippen molar-refractivity contribution in [2.45, 2.75) is 44.9 Å². The maximum absolute atomic E-state index is 11.1. The molecule has 1 aromatic carbocycles. The minimum absolute atomic E-state index is 0.0550. The summed E-state index contributed by atoms with van der Waals surface area (Å²) < 4.78 is 0. The minimum atomic E-state index is -0.889. The Morgan fingerprint density at radius 2 is 1.89 bits per heavy atom. The Labute approximate surface area is 109 Å². The van der Waals surface area contributed by atoms with Gasteiger partial charge in [0, 0.05) is 11.5 Å². The summed E-state index contributed by atoms with van der Waals surface area (Å²) in [6.07, 6.45) is 5.48. The van der Waals surface area contributed by atoms with Crippen molar-refractivity contribution in [2.24, 2.45) is 0 Å². The van der Waals surface area contributed by atoms with Crippen LogP contribution in [0.15, 0.2) is 42.5 Å². The van der Waals surface area contributed by atoms with Gasteiger partial charge in [0.2, 0.25) is 0 Å². The number of hydrogen-bond donors (Lipinski definition) is 1. The maximum atomic E-state index is 11.1. The molecule has 1 aromatic rings. The van der Waals surface area contributed by atoms with Gasteiger partial charge in [0.1, 0.15) is 0 Å². The molecule has 0 heterocycles. The van der Waals surface area contributed by atoms with Gasteiger partial charge in [-0.25, -0.2) is 4.79 Å². The Morgan fingerprint density at radius 3 is 2.44 bits per heavy atom. The number of carbonyl (C=O) groups is 1. The van der Waals surface area contributed by atoms with Crippen LogP contribution in [0.25, 0.3) is 0 Å². The zero-order valence-corrected chi connectivity index (χ0v) is 11.1. The van der Waals surface area contributed by atoms with Crippen molar-refractivity contribution in [3.8, 4) is 0 Å². The van der Waals surface area contributed by atoms with Crippen molar-refractivity contribution in [1.82, 2.24) is 0 Å². The largest absolute Gasteiger partial charge is 0.478 e. The minimum Gasteiger partial charge on any atom is -0.478 e. The van der Waals surface area contributed by atoms with Crippen LogP contribution in [0.2, 0.25) is 0 Å². The second-order valence-corrected chi connectivity index (χ2v) is 4.64. The third-order valence-corrected chi connectivity index (χ3v) is 3.24. The lowest BCUT2D eigenvalue weighted by Gasteiger charge is -2.17. The number of aliphatic carboxylic acids is 1. The maximum Gasteiger partial charge on any atom is 0.331 e. The van der Waals surface area contributed by atoms with Crippen LogP contribution in [0.5, 0.6) is 0 Å². The molecule has 0 bridgehead atoms. The first-order valence-electron chi connectivity index (χ1n) is 6.63. The molecule has 2 heteroatoms. The predicted octanol–water partition coefficient (Wildman–Crippen LogP) is 4.38. The number of unbranched alkanes of at least 4 members (excludes halogenated alkanes) is 3. The molecular formula is C16H22O2. The summed E-state index contributed by atoms with van der Waals surface area (Å²) in [7, 11) is 0. The summed E-state index contributed by atoms with van der Waals surface area (Å²) in [6, 6.07) is 9.81. The highest BCUT2D eigenvalue weighted by Gasteiger charge is 2.19.